The lowest BCUT2D eigenvalue weighted by molar-refractivity contribution is -0.104. The summed E-state index contributed by atoms with van der Waals surface area (Å²) >= 11 is 0. The van der Waals surface area contributed by atoms with Gasteiger partial charge in [-0.05, 0) is 30.7 Å². The molecule has 0 fully saturated rings. The Hall–Kier alpha value is -1.90. The summed E-state index contributed by atoms with van der Waals surface area (Å²) in [5, 5.41) is 0. The maximum Gasteiger partial charge on any atom is 0.338 e. The highest BCUT2D eigenvalue weighted by atomic mass is 16.5. The van der Waals surface area contributed by atoms with Gasteiger partial charge in [0, 0.05) is 0 Å². The number of ether oxygens (including phenoxy) is 1. The molecule has 0 aliphatic carbocycles. The van der Waals surface area contributed by atoms with Crippen LogP contribution >= 0.6 is 0 Å². The van der Waals surface area contributed by atoms with Gasteiger partial charge in [0.1, 0.15) is 12.9 Å². The van der Waals surface area contributed by atoms with Gasteiger partial charge in [0.25, 0.3) is 0 Å². The Balaban J connectivity index is 2.51. The molecule has 0 unspecified atom stereocenters. The lowest BCUT2D eigenvalue weighted by Crippen LogP contribution is -2.06. The lowest BCUT2D eigenvalue weighted by Gasteiger charge is -2.03. The Bertz CT molecular complexity index is 366. The standard InChI is InChI=1S/C12H12O3/c1-10(7-8-13)9-15-12(14)11-5-3-2-4-6-11/h2-8H,9H2,1H3/b10-7+. The summed E-state index contributed by atoms with van der Waals surface area (Å²) in [6.07, 6.45) is 2.05. The number of carbonyl (C=O) groups excluding carboxylic acids is 2. The molecule has 0 aliphatic heterocycles. The van der Waals surface area contributed by atoms with E-state index in [2.05, 4.69) is 0 Å². The monoisotopic (exact) mass is 204 g/mol. The first-order chi connectivity index (χ1) is 7.24. The minimum atomic E-state index is -0.380. The molecule has 3 heteroatoms. The molecule has 0 N–H and O–H groups in total. The van der Waals surface area contributed by atoms with Gasteiger partial charge in [-0.1, -0.05) is 18.2 Å². The summed E-state index contributed by atoms with van der Waals surface area (Å²) in [7, 11) is 0. The predicted octanol–water partition coefficient (Wildman–Crippen LogP) is 1.99. The van der Waals surface area contributed by atoms with Crippen LogP contribution in [0.4, 0.5) is 0 Å². The largest absolute Gasteiger partial charge is 0.458 e. The van der Waals surface area contributed by atoms with Crippen molar-refractivity contribution >= 4 is 12.3 Å². The van der Waals surface area contributed by atoms with Crippen molar-refractivity contribution in [1.82, 2.24) is 0 Å². The molecule has 15 heavy (non-hydrogen) atoms. The Morgan fingerprint density at radius 3 is 2.60 bits per heavy atom. The van der Waals surface area contributed by atoms with Gasteiger partial charge in [-0.3, -0.25) is 4.79 Å². The van der Waals surface area contributed by atoms with Crippen LogP contribution in [0.25, 0.3) is 0 Å². The van der Waals surface area contributed by atoms with Crippen LogP contribution in [0.1, 0.15) is 17.3 Å². The highest BCUT2D eigenvalue weighted by Crippen LogP contribution is 2.02. The molecule has 0 saturated carbocycles. The molecule has 0 amide bonds. The molecule has 0 heterocycles. The van der Waals surface area contributed by atoms with Gasteiger partial charge < -0.3 is 4.74 Å². The number of rotatable bonds is 4. The first kappa shape index (κ1) is 11.2. The Morgan fingerprint density at radius 1 is 1.33 bits per heavy atom. The first-order valence-electron chi connectivity index (χ1n) is 4.57. The van der Waals surface area contributed by atoms with Crippen molar-refractivity contribution in [2.24, 2.45) is 0 Å². The van der Waals surface area contributed by atoms with Crippen molar-refractivity contribution < 1.29 is 14.3 Å². The van der Waals surface area contributed by atoms with Crippen molar-refractivity contribution in [1.29, 1.82) is 0 Å². The molecule has 0 radical (unpaired) electrons. The molecule has 3 nitrogen and oxygen atoms in total. The highest BCUT2D eigenvalue weighted by Gasteiger charge is 2.05. The molecule has 78 valence electrons. The lowest BCUT2D eigenvalue weighted by atomic mass is 10.2. The fourth-order valence-corrected chi connectivity index (χ4v) is 1.00. The quantitative estimate of drug-likeness (QED) is 0.428. The molecule has 0 saturated heterocycles. The van der Waals surface area contributed by atoms with Crippen LogP contribution in [0.3, 0.4) is 0 Å². The van der Waals surface area contributed by atoms with Crippen molar-refractivity contribution in [2.45, 2.75) is 6.92 Å². The number of aldehydes is 1. The van der Waals surface area contributed by atoms with Crippen LogP contribution in [-0.2, 0) is 9.53 Å². The van der Waals surface area contributed by atoms with Gasteiger partial charge in [0.05, 0.1) is 5.56 Å². The number of allylic oxidation sites excluding steroid dienone is 1. The summed E-state index contributed by atoms with van der Waals surface area (Å²) in [4.78, 5) is 21.5. The van der Waals surface area contributed by atoms with Crippen LogP contribution < -0.4 is 0 Å². The maximum atomic E-state index is 11.4. The van der Waals surface area contributed by atoms with Crippen molar-refractivity contribution in [3.63, 3.8) is 0 Å². The van der Waals surface area contributed by atoms with E-state index in [0.29, 0.717) is 17.4 Å². The van der Waals surface area contributed by atoms with Crippen molar-refractivity contribution in [3.8, 4) is 0 Å². The van der Waals surface area contributed by atoms with Crippen molar-refractivity contribution in [2.75, 3.05) is 6.61 Å². The van der Waals surface area contributed by atoms with E-state index in [4.69, 9.17) is 4.74 Å². The first-order valence-corrected chi connectivity index (χ1v) is 4.57. The van der Waals surface area contributed by atoms with Gasteiger partial charge in [0.15, 0.2) is 0 Å². The molecule has 1 aromatic rings. The van der Waals surface area contributed by atoms with Crippen molar-refractivity contribution in [3.05, 3.63) is 47.5 Å². The zero-order valence-corrected chi connectivity index (χ0v) is 8.47. The van der Waals surface area contributed by atoms with Crippen LogP contribution in [0, 0.1) is 0 Å². The fraction of sp³-hybridized carbons (Fsp3) is 0.167. The van der Waals surface area contributed by atoms with E-state index in [0.717, 1.165) is 0 Å². The molecule has 0 spiro atoms. The highest BCUT2D eigenvalue weighted by molar-refractivity contribution is 5.89. The molecular formula is C12H12O3. The normalized spacial score (nSPS) is 10.9. The minimum absolute atomic E-state index is 0.145. The second kappa shape index (κ2) is 5.75. The molecule has 0 atom stereocenters. The minimum Gasteiger partial charge on any atom is -0.458 e. The topological polar surface area (TPSA) is 43.4 Å². The Kier molecular flexibility index (Phi) is 4.29. The van der Waals surface area contributed by atoms with Gasteiger partial charge in [-0.2, -0.15) is 0 Å². The van der Waals surface area contributed by atoms with E-state index in [1.807, 2.05) is 6.07 Å². The second-order valence-corrected chi connectivity index (χ2v) is 3.09. The zero-order chi connectivity index (χ0) is 11.1. The van der Waals surface area contributed by atoms with Crippen LogP contribution in [0.2, 0.25) is 0 Å². The molecule has 0 aromatic heterocycles. The Labute approximate surface area is 88.4 Å². The predicted molar refractivity (Wildman–Crippen MR) is 56.5 cm³/mol. The third kappa shape index (κ3) is 3.77. The summed E-state index contributed by atoms with van der Waals surface area (Å²) in [6.45, 7) is 1.87. The van der Waals surface area contributed by atoms with E-state index < -0.39 is 0 Å². The number of carbonyl (C=O) groups is 2. The van der Waals surface area contributed by atoms with E-state index in [1.165, 1.54) is 6.08 Å². The number of esters is 1. The summed E-state index contributed by atoms with van der Waals surface area (Å²) < 4.78 is 4.98. The molecular weight excluding hydrogens is 192 g/mol. The SMILES string of the molecule is C/C(=C\C=O)COC(=O)c1ccccc1. The molecule has 0 bridgehead atoms. The van der Waals surface area contributed by atoms with Gasteiger partial charge in [0.2, 0.25) is 0 Å². The van der Waals surface area contributed by atoms with Crippen LogP contribution in [0.5, 0.6) is 0 Å². The van der Waals surface area contributed by atoms with Crippen LogP contribution in [0.15, 0.2) is 42.0 Å². The van der Waals surface area contributed by atoms with Crippen LogP contribution in [-0.4, -0.2) is 18.9 Å². The molecule has 1 rings (SSSR count). The maximum absolute atomic E-state index is 11.4. The van der Waals surface area contributed by atoms with Gasteiger partial charge in [-0.25, -0.2) is 4.79 Å². The number of hydrogen-bond acceptors (Lipinski definition) is 3. The number of benzene rings is 1. The molecule has 1 aromatic carbocycles. The van der Waals surface area contributed by atoms with Gasteiger partial charge in [-0.15, -0.1) is 0 Å². The fourth-order valence-electron chi connectivity index (χ4n) is 1.00. The number of hydrogen-bond donors (Lipinski definition) is 0. The average molecular weight is 204 g/mol. The van der Waals surface area contributed by atoms with E-state index in [1.54, 1.807) is 31.2 Å². The third-order valence-electron chi connectivity index (χ3n) is 1.79. The van der Waals surface area contributed by atoms with Gasteiger partial charge >= 0.3 is 5.97 Å². The van der Waals surface area contributed by atoms with E-state index >= 15 is 0 Å². The summed E-state index contributed by atoms with van der Waals surface area (Å²) in [5.74, 6) is -0.380. The summed E-state index contributed by atoms with van der Waals surface area (Å²) in [5.41, 5.74) is 1.23. The molecule has 0 aliphatic rings. The summed E-state index contributed by atoms with van der Waals surface area (Å²) in [6, 6.07) is 8.73. The zero-order valence-electron chi connectivity index (χ0n) is 8.47. The van der Waals surface area contributed by atoms with E-state index in [9.17, 15) is 9.59 Å². The smallest absolute Gasteiger partial charge is 0.338 e. The Morgan fingerprint density at radius 2 is 2.00 bits per heavy atom. The second-order valence-electron chi connectivity index (χ2n) is 3.09. The average Bonchev–Trinajstić information content (AvgIpc) is 2.27. The van der Waals surface area contributed by atoms with E-state index in [-0.39, 0.29) is 12.6 Å². The third-order valence-corrected chi connectivity index (χ3v) is 1.79.